The highest BCUT2D eigenvalue weighted by molar-refractivity contribution is 5.60. The van der Waals surface area contributed by atoms with Crippen molar-refractivity contribution >= 4 is 17.2 Å². The highest BCUT2D eigenvalue weighted by Gasteiger charge is 2.25. The van der Waals surface area contributed by atoms with E-state index in [0.29, 0.717) is 5.92 Å². The predicted octanol–water partition coefficient (Wildman–Crippen LogP) is 3.99. The molecule has 24 heavy (non-hydrogen) atoms. The number of benzene rings is 1. The smallest absolute Gasteiger partial charge is 0.158 e. The van der Waals surface area contributed by atoms with Crippen LogP contribution in [0, 0.1) is 5.92 Å². The second-order valence-electron chi connectivity index (χ2n) is 6.17. The number of nitrogens with one attached hydrogen (secondary N) is 1. The van der Waals surface area contributed by atoms with Gasteiger partial charge in [-0.25, -0.2) is 4.98 Å². The van der Waals surface area contributed by atoms with Crippen LogP contribution in [0.4, 0.5) is 11.5 Å². The number of allylic oxidation sites excluding steroid dienone is 1. The third-order valence-electron chi connectivity index (χ3n) is 4.31. The Balaban J connectivity index is 1.59. The Kier molecular flexibility index (Phi) is 3.69. The first-order chi connectivity index (χ1) is 11.7. The van der Waals surface area contributed by atoms with Crippen molar-refractivity contribution in [3.05, 3.63) is 60.4 Å². The second-order valence-corrected chi connectivity index (χ2v) is 6.17. The van der Waals surface area contributed by atoms with Crippen molar-refractivity contribution in [3.63, 3.8) is 0 Å². The lowest BCUT2D eigenvalue weighted by Crippen LogP contribution is -2.00. The molecule has 0 atom stereocenters. The summed E-state index contributed by atoms with van der Waals surface area (Å²) in [7, 11) is 1.66. The summed E-state index contributed by atoms with van der Waals surface area (Å²) < 4.78 is 7.04. The van der Waals surface area contributed by atoms with Gasteiger partial charge in [0.15, 0.2) is 11.5 Å². The molecule has 3 aromatic rings. The summed E-state index contributed by atoms with van der Waals surface area (Å²) >= 11 is 0. The number of hydrogen-bond acceptors (Lipinski definition) is 4. The van der Waals surface area contributed by atoms with Gasteiger partial charge in [0.05, 0.1) is 7.11 Å². The summed E-state index contributed by atoms with van der Waals surface area (Å²) in [5, 5.41) is 8.03. The van der Waals surface area contributed by atoms with Crippen molar-refractivity contribution in [3.8, 4) is 5.75 Å². The van der Waals surface area contributed by atoms with Gasteiger partial charge >= 0.3 is 0 Å². The van der Waals surface area contributed by atoms with E-state index in [0.717, 1.165) is 35.1 Å². The summed E-state index contributed by atoms with van der Waals surface area (Å²) in [6, 6.07) is 13.7. The Labute approximate surface area is 141 Å². The number of rotatable bonds is 6. The molecule has 1 fully saturated rings. The van der Waals surface area contributed by atoms with Gasteiger partial charge in [0, 0.05) is 12.1 Å². The van der Waals surface area contributed by atoms with E-state index in [1.807, 2.05) is 47.0 Å². The molecule has 1 saturated carbocycles. The van der Waals surface area contributed by atoms with Crippen LogP contribution in [0.5, 0.6) is 5.75 Å². The molecule has 2 aromatic heterocycles. The Morgan fingerprint density at radius 3 is 2.75 bits per heavy atom. The molecule has 0 unspecified atom stereocenters. The number of aromatic nitrogens is 3. The zero-order valence-corrected chi connectivity index (χ0v) is 13.7. The van der Waals surface area contributed by atoms with Crippen LogP contribution in [0.25, 0.3) is 5.65 Å². The van der Waals surface area contributed by atoms with Crippen LogP contribution in [0.15, 0.2) is 54.6 Å². The average molecular weight is 320 g/mol. The maximum absolute atomic E-state index is 5.19. The molecule has 5 nitrogen and oxygen atoms in total. The van der Waals surface area contributed by atoms with E-state index < -0.39 is 0 Å². The first-order valence-corrected chi connectivity index (χ1v) is 8.16. The van der Waals surface area contributed by atoms with Gasteiger partial charge in [-0.3, -0.25) is 0 Å². The van der Waals surface area contributed by atoms with Crippen LogP contribution in [0.3, 0.4) is 0 Å². The highest BCUT2D eigenvalue weighted by atomic mass is 16.5. The average Bonchev–Trinajstić information content (AvgIpc) is 3.37. The number of pyridine rings is 1. The number of nitrogens with zero attached hydrogens (tertiary/aromatic N) is 3. The predicted molar refractivity (Wildman–Crippen MR) is 94.8 cm³/mol. The van der Waals surface area contributed by atoms with Crippen LogP contribution < -0.4 is 10.1 Å². The van der Waals surface area contributed by atoms with Gasteiger partial charge in [0.25, 0.3) is 0 Å². The van der Waals surface area contributed by atoms with E-state index in [1.54, 1.807) is 7.11 Å². The molecule has 122 valence electrons. The molecule has 0 saturated heterocycles. The van der Waals surface area contributed by atoms with Gasteiger partial charge in [-0.1, -0.05) is 18.2 Å². The lowest BCUT2D eigenvalue weighted by molar-refractivity contribution is 0.415. The lowest BCUT2D eigenvalue weighted by atomic mass is 10.1. The third kappa shape index (κ3) is 2.97. The molecular formula is C19H20N4O. The molecule has 2 heterocycles. The minimum atomic E-state index is 0.675. The summed E-state index contributed by atoms with van der Waals surface area (Å²) in [6.45, 7) is 4.17. The van der Waals surface area contributed by atoms with E-state index in [2.05, 4.69) is 22.0 Å². The normalized spacial score (nSPS) is 13.9. The Morgan fingerprint density at radius 1 is 1.25 bits per heavy atom. The maximum Gasteiger partial charge on any atom is 0.158 e. The minimum absolute atomic E-state index is 0.675. The molecule has 0 spiro atoms. The van der Waals surface area contributed by atoms with Gasteiger partial charge in [0.2, 0.25) is 0 Å². The van der Waals surface area contributed by atoms with Gasteiger partial charge in [-0.2, -0.15) is 4.52 Å². The van der Waals surface area contributed by atoms with E-state index >= 15 is 0 Å². The topological polar surface area (TPSA) is 51.5 Å². The largest absolute Gasteiger partial charge is 0.497 e. The number of ether oxygens (including phenoxy) is 1. The SMILES string of the molecule is C=C(Cc1nc2cccc(Nc3ccc(OC)cc3)n2n1)C1CC1. The van der Waals surface area contributed by atoms with Crippen molar-refractivity contribution in [2.45, 2.75) is 19.3 Å². The lowest BCUT2D eigenvalue weighted by Gasteiger charge is -2.08. The van der Waals surface area contributed by atoms with Crippen molar-refractivity contribution in [2.24, 2.45) is 5.92 Å². The third-order valence-corrected chi connectivity index (χ3v) is 4.31. The van der Waals surface area contributed by atoms with Gasteiger partial charge in [-0.15, -0.1) is 5.10 Å². The van der Waals surface area contributed by atoms with Crippen LogP contribution in [-0.4, -0.2) is 21.7 Å². The minimum Gasteiger partial charge on any atom is -0.497 e. The molecule has 0 amide bonds. The molecule has 0 bridgehead atoms. The first kappa shape index (κ1) is 14.8. The molecule has 5 heteroatoms. The molecule has 1 aliphatic rings. The van der Waals surface area contributed by atoms with Crippen LogP contribution >= 0.6 is 0 Å². The van der Waals surface area contributed by atoms with E-state index in [-0.39, 0.29) is 0 Å². The van der Waals surface area contributed by atoms with E-state index in [4.69, 9.17) is 4.74 Å². The molecule has 1 aliphatic carbocycles. The van der Waals surface area contributed by atoms with Crippen molar-refractivity contribution in [1.82, 2.24) is 14.6 Å². The molecule has 0 aliphatic heterocycles. The zero-order valence-electron chi connectivity index (χ0n) is 13.7. The van der Waals surface area contributed by atoms with Crippen molar-refractivity contribution in [1.29, 1.82) is 0 Å². The zero-order chi connectivity index (χ0) is 16.5. The van der Waals surface area contributed by atoms with Crippen LogP contribution in [0.1, 0.15) is 18.7 Å². The van der Waals surface area contributed by atoms with E-state index in [9.17, 15) is 0 Å². The van der Waals surface area contributed by atoms with E-state index in [1.165, 1.54) is 18.4 Å². The fraction of sp³-hybridized carbons (Fsp3) is 0.263. The highest BCUT2D eigenvalue weighted by Crippen LogP contribution is 2.36. The summed E-state index contributed by atoms with van der Waals surface area (Å²) in [4.78, 5) is 4.62. The molecule has 1 aromatic carbocycles. The monoisotopic (exact) mass is 320 g/mol. The second kappa shape index (κ2) is 6.00. The molecular weight excluding hydrogens is 300 g/mol. The van der Waals surface area contributed by atoms with Crippen molar-refractivity contribution in [2.75, 3.05) is 12.4 Å². The van der Waals surface area contributed by atoms with Gasteiger partial charge < -0.3 is 10.1 Å². The van der Waals surface area contributed by atoms with Crippen LogP contribution in [-0.2, 0) is 6.42 Å². The quantitative estimate of drug-likeness (QED) is 0.698. The number of methoxy groups -OCH3 is 1. The Bertz CT molecular complexity index is 878. The number of anilines is 2. The fourth-order valence-corrected chi connectivity index (χ4v) is 2.78. The number of fused-ring (bicyclic) bond motifs is 1. The molecule has 1 N–H and O–H groups in total. The molecule has 4 rings (SSSR count). The Morgan fingerprint density at radius 2 is 2.04 bits per heavy atom. The standard InChI is InChI=1S/C19H20N4O/c1-13(14-6-7-14)12-17-21-19-5-3-4-18(23(19)22-17)20-15-8-10-16(24-2)11-9-15/h3-5,8-11,14,20H,1,6-7,12H2,2H3. The first-order valence-electron chi connectivity index (χ1n) is 8.16. The fourth-order valence-electron chi connectivity index (χ4n) is 2.78. The summed E-state index contributed by atoms with van der Waals surface area (Å²) in [5.41, 5.74) is 3.06. The Hall–Kier alpha value is -2.82. The van der Waals surface area contributed by atoms with Crippen LogP contribution in [0.2, 0.25) is 0 Å². The number of hydrogen-bond donors (Lipinski definition) is 1. The summed E-state index contributed by atoms with van der Waals surface area (Å²) in [6.07, 6.45) is 3.28. The summed E-state index contributed by atoms with van der Waals surface area (Å²) in [5.74, 6) is 3.22. The molecule has 0 radical (unpaired) electrons. The maximum atomic E-state index is 5.19. The van der Waals surface area contributed by atoms with Crippen molar-refractivity contribution < 1.29 is 4.74 Å². The van der Waals surface area contributed by atoms with Gasteiger partial charge in [-0.05, 0) is 55.2 Å². The van der Waals surface area contributed by atoms with Gasteiger partial charge in [0.1, 0.15) is 11.6 Å².